The topological polar surface area (TPSA) is 29.4 Å². The van der Waals surface area contributed by atoms with Crippen LogP contribution in [0.2, 0.25) is 0 Å². The van der Waals surface area contributed by atoms with E-state index in [1.807, 2.05) is 42.5 Å². The Morgan fingerprint density at radius 1 is 1.12 bits per heavy atom. The van der Waals surface area contributed by atoms with Crippen LogP contribution in [-0.4, -0.2) is 16.7 Å². The minimum Gasteiger partial charge on any atom is -0.294 e. The molecule has 24 heavy (non-hydrogen) atoms. The van der Waals surface area contributed by atoms with Gasteiger partial charge in [0, 0.05) is 6.42 Å². The number of fused-ring (bicyclic) bond motifs is 2. The Morgan fingerprint density at radius 3 is 2.58 bits per heavy atom. The molecule has 1 atom stereocenters. The Hall–Kier alpha value is -1.84. The first kappa shape index (κ1) is 15.7. The van der Waals surface area contributed by atoms with Gasteiger partial charge in [0.1, 0.15) is 5.17 Å². The van der Waals surface area contributed by atoms with E-state index in [0.29, 0.717) is 11.6 Å². The van der Waals surface area contributed by atoms with Gasteiger partial charge in [0.05, 0.1) is 16.0 Å². The summed E-state index contributed by atoms with van der Waals surface area (Å²) < 4.78 is 0. The SMILES string of the molecule is CCSC1=C(c2ccccc2)C2(CC1=O)C(Cl)=Nc1ccccc12. The highest BCUT2D eigenvalue weighted by Crippen LogP contribution is 2.57. The van der Waals surface area contributed by atoms with E-state index in [9.17, 15) is 4.79 Å². The van der Waals surface area contributed by atoms with Gasteiger partial charge in [0.2, 0.25) is 0 Å². The van der Waals surface area contributed by atoms with E-state index < -0.39 is 5.41 Å². The van der Waals surface area contributed by atoms with E-state index >= 15 is 0 Å². The van der Waals surface area contributed by atoms with Crippen molar-refractivity contribution in [1.82, 2.24) is 0 Å². The molecule has 1 spiro atoms. The molecule has 0 fully saturated rings. The van der Waals surface area contributed by atoms with Gasteiger partial charge in [-0.05, 0) is 28.5 Å². The maximum absolute atomic E-state index is 12.9. The third-order valence-electron chi connectivity index (χ3n) is 4.62. The number of aliphatic imine (C=N–C) groups is 1. The molecule has 4 rings (SSSR count). The average Bonchev–Trinajstić information content (AvgIpc) is 3.05. The van der Waals surface area contributed by atoms with Gasteiger partial charge in [-0.1, -0.05) is 67.1 Å². The van der Waals surface area contributed by atoms with Crippen LogP contribution >= 0.6 is 23.4 Å². The van der Waals surface area contributed by atoms with Crippen molar-refractivity contribution < 1.29 is 4.79 Å². The first-order chi connectivity index (χ1) is 11.7. The van der Waals surface area contributed by atoms with Crippen LogP contribution in [0.1, 0.15) is 24.5 Å². The molecule has 0 saturated heterocycles. The lowest BCUT2D eigenvalue weighted by molar-refractivity contribution is -0.114. The zero-order chi connectivity index (χ0) is 16.7. The minimum atomic E-state index is -0.631. The van der Waals surface area contributed by atoms with Crippen molar-refractivity contribution in [3.63, 3.8) is 0 Å². The normalized spacial score (nSPS) is 22.2. The van der Waals surface area contributed by atoms with Crippen molar-refractivity contribution in [3.8, 4) is 0 Å². The molecule has 0 bridgehead atoms. The lowest BCUT2D eigenvalue weighted by Crippen LogP contribution is -2.30. The summed E-state index contributed by atoms with van der Waals surface area (Å²) in [6.45, 7) is 2.07. The lowest BCUT2D eigenvalue weighted by Gasteiger charge is -2.28. The number of thioether (sulfide) groups is 1. The molecule has 1 unspecified atom stereocenters. The zero-order valence-corrected chi connectivity index (χ0v) is 14.8. The molecule has 0 amide bonds. The largest absolute Gasteiger partial charge is 0.294 e. The summed E-state index contributed by atoms with van der Waals surface area (Å²) in [5, 5.41) is 0.502. The molecule has 2 aromatic rings. The van der Waals surface area contributed by atoms with Gasteiger partial charge >= 0.3 is 0 Å². The van der Waals surface area contributed by atoms with Crippen molar-refractivity contribution in [2.45, 2.75) is 18.8 Å². The van der Waals surface area contributed by atoms with Crippen LogP contribution in [0.4, 0.5) is 5.69 Å². The molecule has 2 aliphatic rings. The molecule has 0 aromatic heterocycles. The Labute approximate surface area is 150 Å². The van der Waals surface area contributed by atoms with Gasteiger partial charge in [-0.25, -0.2) is 4.99 Å². The number of nitrogens with zero attached hydrogens (tertiary/aromatic N) is 1. The number of halogens is 1. The van der Waals surface area contributed by atoms with Gasteiger partial charge in [-0.15, -0.1) is 11.8 Å². The number of para-hydroxylation sites is 1. The number of carbonyl (C=O) groups excluding carboxylic acids is 1. The van der Waals surface area contributed by atoms with E-state index in [1.54, 1.807) is 11.8 Å². The van der Waals surface area contributed by atoms with Crippen LogP contribution < -0.4 is 0 Å². The number of rotatable bonds is 3. The molecule has 120 valence electrons. The summed E-state index contributed by atoms with van der Waals surface area (Å²) in [6.07, 6.45) is 0.360. The van der Waals surface area contributed by atoms with Crippen LogP contribution in [-0.2, 0) is 10.2 Å². The Morgan fingerprint density at radius 2 is 1.83 bits per heavy atom. The van der Waals surface area contributed by atoms with E-state index in [1.165, 1.54) is 0 Å². The second kappa shape index (κ2) is 5.91. The molecule has 0 saturated carbocycles. The number of hydrogen-bond acceptors (Lipinski definition) is 3. The van der Waals surface area contributed by atoms with Gasteiger partial charge in [0.25, 0.3) is 0 Å². The highest BCUT2D eigenvalue weighted by atomic mass is 35.5. The number of ketones is 1. The predicted molar refractivity (Wildman–Crippen MR) is 102 cm³/mol. The minimum absolute atomic E-state index is 0.158. The van der Waals surface area contributed by atoms with Gasteiger partial charge < -0.3 is 0 Å². The fraction of sp³-hybridized carbons (Fsp3) is 0.200. The number of Topliss-reactive ketones (excluding diaryl/α,β-unsaturated/α-hetero) is 1. The quantitative estimate of drug-likeness (QED) is 0.744. The molecule has 1 aliphatic carbocycles. The van der Waals surface area contributed by atoms with E-state index in [-0.39, 0.29) is 5.78 Å². The number of carbonyl (C=O) groups is 1. The number of hydrogen-bond donors (Lipinski definition) is 0. The molecule has 1 heterocycles. The van der Waals surface area contributed by atoms with Crippen LogP contribution in [0.5, 0.6) is 0 Å². The first-order valence-corrected chi connectivity index (χ1v) is 9.35. The summed E-state index contributed by atoms with van der Waals surface area (Å²) in [4.78, 5) is 18.3. The second-order valence-electron chi connectivity index (χ2n) is 5.93. The van der Waals surface area contributed by atoms with Crippen LogP contribution in [0, 0.1) is 0 Å². The predicted octanol–water partition coefficient (Wildman–Crippen LogP) is 5.34. The fourth-order valence-corrected chi connectivity index (χ4v) is 4.98. The Kier molecular flexibility index (Phi) is 3.86. The molecular weight excluding hydrogens is 338 g/mol. The Balaban J connectivity index is 2.03. The highest BCUT2D eigenvalue weighted by molar-refractivity contribution is 8.04. The molecule has 0 N–H and O–H groups in total. The van der Waals surface area contributed by atoms with Gasteiger partial charge in [0.15, 0.2) is 5.78 Å². The average molecular weight is 354 g/mol. The summed E-state index contributed by atoms with van der Waals surface area (Å²) in [5.41, 5.74) is 3.33. The van der Waals surface area contributed by atoms with Crippen LogP contribution in [0.25, 0.3) is 5.57 Å². The number of allylic oxidation sites excluding steroid dienone is 2. The zero-order valence-electron chi connectivity index (χ0n) is 13.3. The summed E-state index contributed by atoms with van der Waals surface area (Å²) in [5.74, 6) is 1.01. The second-order valence-corrected chi connectivity index (χ2v) is 7.56. The smallest absolute Gasteiger partial charge is 0.171 e. The van der Waals surface area contributed by atoms with Crippen LogP contribution in [0.3, 0.4) is 0 Å². The van der Waals surface area contributed by atoms with Crippen molar-refractivity contribution in [2.24, 2.45) is 4.99 Å². The molecular formula is C20H16ClNOS. The molecule has 2 nitrogen and oxygen atoms in total. The van der Waals surface area contributed by atoms with E-state index in [4.69, 9.17) is 11.6 Å². The maximum Gasteiger partial charge on any atom is 0.171 e. The maximum atomic E-state index is 12.9. The van der Waals surface area contributed by atoms with Gasteiger partial charge in [-0.3, -0.25) is 4.79 Å². The van der Waals surface area contributed by atoms with Crippen LogP contribution in [0.15, 0.2) is 64.5 Å². The highest BCUT2D eigenvalue weighted by Gasteiger charge is 2.53. The third kappa shape index (κ3) is 2.11. The van der Waals surface area contributed by atoms with Crippen molar-refractivity contribution in [3.05, 3.63) is 70.6 Å². The lowest BCUT2D eigenvalue weighted by atomic mass is 9.74. The van der Waals surface area contributed by atoms with Crippen molar-refractivity contribution >= 4 is 45.6 Å². The fourth-order valence-electron chi connectivity index (χ4n) is 3.67. The monoisotopic (exact) mass is 353 g/mol. The third-order valence-corrected chi connectivity index (χ3v) is 6.03. The van der Waals surface area contributed by atoms with Crippen molar-refractivity contribution in [1.29, 1.82) is 0 Å². The standard InChI is InChI=1S/C20H16ClNOS/c1-2-24-18-16(23)12-20(17(18)13-8-4-3-5-9-13)14-10-6-7-11-15(14)22-19(20)21/h3-11H,2,12H2,1H3. The van der Waals surface area contributed by atoms with Gasteiger partial charge in [-0.2, -0.15) is 0 Å². The molecule has 1 aliphatic heterocycles. The van der Waals surface area contributed by atoms with E-state index in [2.05, 4.69) is 24.0 Å². The summed E-state index contributed by atoms with van der Waals surface area (Å²) in [6, 6.07) is 18.0. The molecule has 4 heteroatoms. The Bertz CT molecular complexity index is 888. The molecule has 0 radical (unpaired) electrons. The van der Waals surface area contributed by atoms with Crippen molar-refractivity contribution in [2.75, 3.05) is 5.75 Å². The molecule has 2 aromatic carbocycles. The number of benzene rings is 2. The summed E-state index contributed by atoms with van der Waals surface area (Å²) >= 11 is 8.27. The first-order valence-electron chi connectivity index (χ1n) is 7.99. The summed E-state index contributed by atoms with van der Waals surface area (Å²) in [7, 11) is 0. The van der Waals surface area contributed by atoms with E-state index in [0.717, 1.165) is 33.0 Å².